The molecule has 1 amide bonds. The van der Waals surface area contributed by atoms with Gasteiger partial charge in [0.15, 0.2) is 0 Å². The number of benzene rings is 1. The zero-order valence-electron chi connectivity index (χ0n) is 15.7. The molecule has 3 aromatic rings. The van der Waals surface area contributed by atoms with Gasteiger partial charge in [-0.05, 0) is 51.1 Å². The number of thiophene rings is 1. The van der Waals surface area contributed by atoms with E-state index in [1.165, 1.54) is 30.6 Å². The van der Waals surface area contributed by atoms with Crippen molar-refractivity contribution in [1.82, 2.24) is 10.2 Å². The van der Waals surface area contributed by atoms with Crippen LogP contribution in [0.25, 0.3) is 10.1 Å². The van der Waals surface area contributed by atoms with E-state index in [1.807, 2.05) is 43.3 Å². The molecule has 1 unspecified atom stereocenters. The fourth-order valence-corrected chi connectivity index (χ4v) is 5.14. The van der Waals surface area contributed by atoms with E-state index < -0.39 is 0 Å². The summed E-state index contributed by atoms with van der Waals surface area (Å²) in [6, 6.07) is 11.9. The van der Waals surface area contributed by atoms with Crippen molar-refractivity contribution in [3.05, 3.63) is 57.8 Å². The Kier molecular flexibility index (Phi) is 7.05. The molecule has 3 heterocycles. The lowest BCUT2D eigenvalue weighted by Crippen LogP contribution is -2.40. The van der Waals surface area contributed by atoms with Gasteiger partial charge in [-0.25, -0.2) is 0 Å². The number of piperidine rings is 1. The third-order valence-corrected chi connectivity index (χ3v) is 6.79. The maximum Gasteiger partial charge on any atom is 0.263 e. The summed E-state index contributed by atoms with van der Waals surface area (Å²) >= 11 is 7.90. The molecule has 1 aromatic carbocycles. The van der Waals surface area contributed by atoms with Crippen LogP contribution >= 0.6 is 35.3 Å². The van der Waals surface area contributed by atoms with Crippen molar-refractivity contribution in [1.29, 1.82) is 0 Å². The Balaban J connectivity index is 0.00000225. The number of furan rings is 1. The fraction of sp³-hybridized carbons (Fsp3) is 0.381. The predicted molar refractivity (Wildman–Crippen MR) is 118 cm³/mol. The van der Waals surface area contributed by atoms with Gasteiger partial charge in [0.05, 0.1) is 11.1 Å². The second-order valence-electron chi connectivity index (χ2n) is 7.01. The highest BCUT2D eigenvalue weighted by molar-refractivity contribution is 7.21. The van der Waals surface area contributed by atoms with E-state index in [0.29, 0.717) is 16.4 Å². The summed E-state index contributed by atoms with van der Waals surface area (Å²) in [5, 5.41) is 4.56. The molecular weight excluding hydrogens is 415 g/mol. The van der Waals surface area contributed by atoms with Crippen molar-refractivity contribution in [3.63, 3.8) is 0 Å². The maximum atomic E-state index is 12.8. The fourth-order valence-electron chi connectivity index (χ4n) is 3.70. The summed E-state index contributed by atoms with van der Waals surface area (Å²) in [7, 11) is 0. The number of hydrogen-bond acceptors (Lipinski definition) is 4. The third-order valence-electron chi connectivity index (χ3n) is 5.12. The van der Waals surface area contributed by atoms with E-state index in [-0.39, 0.29) is 24.4 Å². The largest absolute Gasteiger partial charge is 0.465 e. The van der Waals surface area contributed by atoms with Crippen molar-refractivity contribution in [2.45, 2.75) is 32.2 Å². The number of halogens is 2. The van der Waals surface area contributed by atoms with Crippen LogP contribution in [-0.4, -0.2) is 30.4 Å². The number of likely N-dealkylation sites (tertiary alicyclic amines) is 1. The Morgan fingerprint density at radius 2 is 1.96 bits per heavy atom. The van der Waals surface area contributed by atoms with Crippen LogP contribution in [0.4, 0.5) is 0 Å². The normalized spacial score (nSPS) is 15.9. The number of rotatable bonds is 5. The number of amides is 1. The highest BCUT2D eigenvalue weighted by Crippen LogP contribution is 2.35. The molecule has 4 rings (SSSR count). The van der Waals surface area contributed by atoms with Gasteiger partial charge in [-0.2, -0.15) is 0 Å². The SMILES string of the molecule is Cc1ccc(C(CNC(=O)c2sc3ccccc3c2Cl)N2CCCCC2)o1.Cl. The van der Waals surface area contributed by atoms with E-state index >= 15 is 0 Å². The molecular formula is C21H24Cl2N2O2S. The highest BCUT2D eigenvalue weighted by atomic mass is 35.5. The van der Waals surface area contributed by atoms with Crippen LogP contribution in [-0.2, 0) is 0 Å². The minimum absolute atomic E-state index is 0. The van der Waals surface area contributed by atoms with Crippen LogP contribution in [0.1, 0.15) is 46.5 Å². The van der Waals surface area contributed by atoms with Crippen molar-refractivity contribution >= 4 is 51.3 Å². The van der Waals surface area contributed by atoms with Gasteiger partial charge in [-0.15, -0.1) is 23.7 Å². The molecule has 1 saturated heterocycles. The van der Waals surface area contributed by atoms with Gasteiger partial charge in [-0.3, -0.25) is 9.69 Å². The van der Waals surface area contributed by atoms with Crippen LogP contribution in [0.3, 0.4) is 0 Å². The van der Waals surface area contributed by atoms with Gasteiger partial charge in [0.25, 0.3) is 5.91 Å². The third kappa shape index (κ3) is 4.38. The van der Waals surface area contributed by atoms with Gasteiger partial charge < -0.3 is 9.73 Å². The molecule has 1 N–H and O–H groups in total. The summed E-state index contributed by atoms with van der Waals surface area (Å²) in [5.41, 5.74) is 0. The lowest BCUT2D eigenvalue weighted by atomic mass is 10.1. The lowest BCUT2D eigenvalue weighted by molar-refractivity contribution is 0.0918. The van der Waals surface area contributed by atoms with Crippen molar-refractivity contribution in [2.75, 3.05) is 19.6 Å². The van der Waals surface area contributed by atoms with Crippen LogP contribution in [0.15, 0.2) is 40.8 Å². The van der Waals surface area contributed by atoms with Gasteiger partial charge in [0.1, 0.15) is 16.4 Å². The van der Waals surface area contributed by atoms with Gasteiger partial charge in [0.2, 0.25) is 0 Å². The summed E-state index contributed by atoms with van der Waals surface area (Å²) in [6.45, 7) is 4.52. The minimum atomic E-state index is -0.119. The van der Waals surface area contributed by atoms with Crippen LogP contribution in [0, 0.1) is 6.92 Å². The number of nitrogens with zero attached hydrogens (tertiary/aromatic N) is 1. The minimum Gasteiger partial charge on any atom is -0.465 e. The topological polar surface area (TPSA) is 45.5 Å². The Hall–Kier alpha value is -1.53. The average Bonchev–Trinajstić information content (AvgIpc) is 3.27. The molecule has 0 spiro atoms. The summed E-state index contributed by atoms with van der Waals surface area (Å²) in [6.07, 6.45) is 3.64. The van der Waals surface area contributed by atoms with Crippen molar-refractivity contribution in [2.24, 2.45) is 0 Å². The number of nitrogens with one attached hydrogen (secondary N) is 1. The first-order valence-corrected chi connectivity index (χ1v) is 10.6. The number of aryl methyl sites for hydroxylation is 1. The first-order chi connectivity index (χ1) is 13.1. The first-order valence-electron chi connectivity index (χ1n) is 9.39. The molecule has 0 radical (unpaired) electrons. The molecule has 7 heteroatoms. The Bertz CT molecular complexity index is 947. The van der Waals surface area contributed by atoms with Crippen LogP contribution in [0.5, 0.6) is 0 Å². The van der Waals surface area contributed by atoms with E-state index in [2.05, 4.69) is 10.2 Å². The standard InChI is InChI=1S/C21H23ClN2O2S.ClH/c1-14-9-10-17(26-14)16(24-11-5-2-6-12-24)13-23-21(25)20-19(22)15-7-3-4-8-18(15)27-20;/h3-4,7-10,16H,2,5-6,11-13H2,1H3,(H,23,25);1H. The zero-order chi connectivity index (χ0) is 18.8. The maximum absolute atomic E-state index is 12.8. The molecule has 1 fully saturated rings. The van der Waals surface area contributed by atoms with Gasteiger partial charge in [-0.1, -0.05) is 36.2 Å². The number of fused-ring (bicyclic) bond motifs is 1. The molecule has 1 aliphatic rings. The van der Waals surface area contributed by atoms with Crippen LogP contribution in [0.2, 0.25) is 5.02 Å². The second-order valence-corrected chi connectivity index (χ2v) is 8.44. The van der Waals surface area contributed by atoms with E-state index in [0.717, 1.165) is 34.7 Å². The lowest BCUT2D eigenvalue weighted by Gasteiger charge is -2.33. The molecule has 150 valence electrons. The van der Waals surface area contributed by atoms with E-state index in [4.69, 9.17) is 16.0 Å². The summed E-state index contributed by atoms with van der Waals surface area (Å²) in [5.74, 6) is 1.69. The van der Waals surface area contributed by atoms with E-state index in [9.17, 15) is 4.79 Å². The molecule has 1 aliphatic heterocycles. The van der Waals surface area contributed by atoms with Crippen molar-refractivity contribution < 1.29 is 9.21 Å². The summed E-state index contributed by atoms with van der Waals surface area (Å²) < 4.78 is 6.92. The molecule has 0 aliphatic carbocycles. The molecule has 1 atom stereocenters. The smallest absolute Gasteiger partial charge is 0.263 e. The van der Waals surface area contributed by atoms with Gasteiger partial charge >= 0.3 is 0 Å². The number of hydrogen-bond donors (Lipinski definition) is 1. The quantitative estimate of drug-likeness (QED) is 0.544. The van der Waals surface area contributed by atoms with Crippen molar-refractivity contribution in [3.8, 4) is 0 Å². The molecule has 2 aromatic heterocycles. The number of carbonyl (C=O) groups excluding carboxylic acids is 1. The Morgan fingerprint density at radius 1 is 1.21 bits per heavy atom. The molecule has 0 saturated carbocycles. The predicted octanol–water partition coefficient (Wildman–Crippen LogP) is 5.83. The Labute approximate surface area is 180 Å². The van der Waals surface area contributed by atoms with Gasteiger partial charge in [0, 0.05) is 16.6 Å². The first kappa shape index (κ1) is 21.2. The zero-order valence-corrected chi connectivity index (χ0v) is 18.1. The highest BCUT2D eigenvalue weighted by Gasteiger charge is 2.26. The number of carbonyl (C=O) groups is 1. The second kappa shape index (κ2) is 9.31. The summed E-state index contributed by atoms with van der Waals surface area (Å²) in [4.78, 5) is 15.8. The molecule has 0 bridgehead atoms. The molecule has 4 nitrogen and oxygen atoms in total. The monoisotopic (exact) mass is 438 g/mol. The van der Waals surface area contributed by atoms with Crippen LogP contribution < -0.4 is 5.32 Å². The Morgan fingerprint density at radius 3 is 2.64 bits per heavy atom. The average molecular weight is 439 g/mol. The molecule has 28 heavy (non-hydrogen) atoms. The van der Waals surface area contributed by atoms with E-state index in [1.54, 1.807) is 0 Å².